The zero-order valence-electron chi connectivity index (χ0n) is 10.8. The van der Waals surface area contributed by atoms with Crippen LogP contribution in [0.15, 0.2) is 36.4 Å². The van der Waals surface area contributed by atoms with Crippen molar-refractivity contribution >= 4 is 45.6 Å². The highest BCUT2D eigenvalue weighted by Gasteiger charge is 2.17. The third-order valence-corrected chi connectivity index (χ3v) is 3.61. The maximum atomic E-state index is 14.0. The third kappa shape index (κ3) is 3.31. The largest absolute Gasteiger partial charge is 0.352 e. The van der Waals surface area contributed by atoms with Crippen molar-refractivity contribution in [3.8, 4) is 0 Å². The smallest absolute Gasteiger partial charge is 0.276 e. The van der Waals surface area contributed by atoms with E-state index in [0.717, 1.165) is 18.2 Å². The molecule has 0 unspecified atom stereocenters. The van der Waals surface area contributed by atoms with Crippen LogP contribution in [0.3, 0.4) is 0 Å². The number of nitro benzene ring substituents is 1. The molecule has 0 bridgehead atoms. The van der Waals surface area contributed by atoms with E-state index in [1.165, 1.54) is 11.5 Å². The number of non-ortho nitro benzene ring substituents is 1. The van der Waals surface area contributed by atoms with E-state index >= 15 is 0 Å². The van der Waals surface area contributed by atoms with Crippen molar-refractivity contribution in [2.24, 2.45) is 0 Å². The van der Waals surface area contributed by atoms with Gasteiger partial charge in [0.2, 0.25) is 0 Å². The van der Waals surface area contributed by atoms with Crippen LogP contribution in [0.2, 0.25) is 0 Å². The van der Waals surface area contributed by atoms with Crippen molar-refractivity contribution in [3.63, 3.8) is 0 Å². The molecule has 1 amide bonds. The molecule has 0 aliphatic heterocycles. The molecule has 0 heterocycles. The van der Waals surface area contributed by atoms with Crippen molar-refractivity contribution in [1.82, 2.24) is 5.48 Å². The quantitative estimate of drug-likeness (QED) is 0.307. The molecule has 0 spiro atoms. The number of hydroxylamine groups is 1. The number of halogens is 2. The Labute approximate surface area is 137 Å². The first kappa shape index (κ1) is 16.1. The lowest BCUT2D eigenvalue weighted by molar-refractivity contribution is -0.384. The summed E-state index contributed by atoms with van der Waals surface area (Å²) < 4.78 is 14.4. The van der Waals surface area contributed by atoms with Gasteiger partial charge in [0.1, 0.15) is 0 Å². The maximum Gasteiger partial charge on any atom is 0.276 e. The molecule has 0 saturated heterocycles. The van der Waals surface area contributed by atoms with E-state index in [0.29, 0.717) is 3.57 Å². The Morgan fingerprint density at radius 1 is 1.27 bits per heavy atom. The highest BCUT2D eigenvalue weighted by Crippen LogP contribution is 2.28. The van der Waals surface area contributed by atoms with E-state index in [2.05, 4.69) is 5.32 Å². The fraction of sp³-hybridized carbons (Fsp3) is 0. The summed E-state index contributed by atoms with van der Waals surface area (Å²) in [4.78, 5) is 21.8. The zero-order valence-corrected chi connectivity index (χ0v) is 13.0. The summed E-state index contributed by atoms with van der Waals surface area (Å²) >= 11 is 1.80. The Bertz CT molecular complexity index is 754. The number of nitrogens with zero attached hydrogens (tertiary/aromatic N) is 1. The first-order chi connectivity index (χ1) is 10.4. The number of carbonyl (C=O) groups is 1. The Hall–Kier alpha value is -2.27. The van der Waals surface area contributed by atoms with E-state index in [9.17, 15) is 19.3 Å². The van der Waals surface area contributed by atoms with Crippen LogP contribution in [-0.4, -0.2) is 16.0 Å². The maximum absolute atomic E-state index is 14.0. The molecule has 22 heavy (non-hydrogen) atoms. The molecule has 9 heteroatoms. The van der Waals surface area contributed by atoms with Crippen LogP contribution in [0.25, 0.3) is 0 Å². The fourth-order valence-electron chi connectivity index (χ4n) is 1.75. The van der Waals surface area contributed by atoms with Gasteiger partial charge in [0.25, 0.3) is 11.6 Å². The monoisotopic (exact) mass is 417 g/mol. The number of hydrogen-bond acceptors (Lipinski definition) is 5. The minimum Gasteiger partial charge on any atom is -0.352 e. The first-order valence-electron chi connectivity index (χ1n) is 5.88. The van der Waals surface area contributed by atoms with Crippen molar-refractivity contribution in [2.45, 2.75) is 0 Å². The predicted molar refractivity (Wildman–Crippen MR) is 84.7 cm³/mol. The van der Waals surface area contributed by atoms with Crippen LogP contribution >= 0.6 is 22.6 Å². The molecular formula is C13H9FIN3O4. The van der Waals surface area contributed by atoms with Gasteiger partial charge in [-0.15, -0.1) is 0 Å². The summed E-state index contributed by atoms with van der Waals surface area (Å²) in [7, 11) is 0. The third-order valence-electron chi connectivity index (χ3n) is 2.78. The van der Waals surface area contributed by atoms with Crippen molar-refractivity contribution in [1.29, 1.82) is 0 Å². The van der Waals surface area contributed by atoms with Crippen LogP contribution < -0.4 is 10.8 Å². The Morgan fingerprint density at radius 2 is 2.00 bits per heavy atom. The minimum atomic E-state index is -0.872. The summed E-state index contributed by atoms with van der Waals surface area (Å²) in [5.41, 5.74) is 1.16. The van der Waals surface area contributed by atoms with Gasteiger partial charge < -0.3 is 5.32 Å². The van der Waals surface area contributed by atoms with Crippen molar-refractivity contribution < 1.29 is 19.3 Å². The molecule has 114 valence electrons. The average molecular weight is 417 g/mol. The fourth-order valence-corrected chi connectivity index (χ4v) is 2.25. The molecule has 0 aliphatic rings. The molecule has 0 atom stereocenters. The van der Waals surface area contributed by atoms with Gasteiger partial charge in [-0.2, -0.15) is 0 Å². The van der Waals surface area contributed by atoms with Crippen molar-refractivity contribution in [2.75, 3.05) is 5.32 Å². The SMILES string of the molecule is O=C(NO)c1ccc([N+](=O)[O-])cc1Nc1cccc(I)c1F. The Morgan fingerprint density at radius 3 is 2.64 bits per heavy atom. The first-order valence-corrected chi connectivity index (χ1v) is 6.96. The molecule has 2 aromatic rings. The molecule has 0 radical (unpaired) electrons. The lowest BCUT2D eigenvalue weighted by Crippen LogP contribution is -2.20. The second kappa shape index (κ2) is 6.66. The van der Waals surface area contributed by atoms with Gasteiger partial charge >= 0.3 is 0 Å². The Kier molecular flexibility index (Phi) is 4.88. The average Bonchev–Trinajstić information content (AvgIpc) is 2.51. The number of nitrogens with one attached hydrogen (secondary N) is 2. The number of amides is 1. The second-order valence-electron chi connectivity index (χ2n) is 4.15. The molecule has 0 fully saturated rings. The molecule has 0 saturated carbocycles. The number of rotatable bonds is 4. The zero-order chi connectivity index (χ0) is 16.3. The van der Waals surface area contributed by atoms with Crippen LogP contribution in [0.4, 0.5) is 21.5 Å². The van der Waals surface area contributed by atoms with E-state index < -0.39 is 16.6 Å². The van der Waals surface area contributed by atoms with E-state index in [-0.39, 0.29) is 22.6 Å². The highest BCUT2D eigenvalue weighted by atomic mass is 127. The second-order valence-corrected chi connectivity index (χ2v) is 5.32. The molecule has 2 rings (SSSR count). The number of benzene rings is 2. The van der Waals surface area contributed by atoms with E-state index in [4.69, 9.17) is 5.21 Å². The van der Waals surface area contributed by atoms with Crippen LogP contribution in [-0.2, 0) is 0 Å². The summed E-state index contributed by atoms with van der Waals surface area (Å²) in [6, 6.07) is 7.94. The van der Waals surface area contributed by atoms with Crippen LogP contribution in [0.1, 0.15) is 10.4 Å². The van der Waals surface area contributed by atoms with Gasteiger partial charge in [-0.05, 0) is 40.8 Å². The standard InChI is InChI=1S/C13H9FIN3O4/c14-12-9(15)2-1-3-10(12)16-11-6-7(18(21)22)4-5-8(11)13(19)17-20/h1-6,16,20H,(H,17,19). The van der Waals surface area contributed by atoms with E-state index in [1.807, 2.05) is 0 Å². The van der Waals surface area contributed by atoms with E-state index in [1.54, 1.807) is 34.7 Å². The molecule has 0 aliphatic carbocycles. The van der Waals surface area contributed by atoms with Gasteiger partial charge in [0, 0.05) is 12.1 Å². The highest BCUT2D eigenvalue weighted by molar-refractivity contribution is 14.1. The molecule has 7 nitrogen and oxygen atoms in total. The number of carbonyl (C=O) groups excluding carboxylic acids is 1. The Balaban J connectivity index is 2.51. The molecule has 3 N–H and O–H groups in total. The molecule has 0 aromatic heterocycles. The van der Waals surface area contributed by atoms with Crippen LogP contribution in [0, 0.1) is 19.5 Å². The summed E-state index contributed by atoms with van der Waals surface area (Å²) in [6.45, 7) is 0. The van der Waals surface area contributed by atoms with Gasteiger partial charge in [-0.25, -0.2) is 9.87 Å². The van der Waals surface area contributed by atoms with Gasteiger partial charge in [-0.3, -0.25) is 20.1 Å². The normalized spacial score (nSPS) is 10.1. The lowest BCUT2D eigenvalue weighted by atomic mass is 10.1. The number of hydrogen-bond donors (Lipinski definition) is 3. The van der Waals surface area contributed by atoms with Gasteiger partial charge in [-0.1, -0.05) is 6.07 Å². The summed E-state index contributed by atoms with van der Waals surface area (Å²) in [5.74, 6) is -1.42. The van der Waals surface area contributed by atoms with Crippen LogP contribution in [0.5, 0.6) is 0 Å². The van der Waals surface area contributed by atoms with Crippen molar-refractivity contribution in [3.05, 3.63) is 61.5 Å². The minimum absolute atomic E-state index is 0.00153. The summed E-state index contributed by atoms with van der Waals surface area (Å²) in [5, 5.41) is 22.2. The topological polar surface area (TPSA) is 104 Å². The number of nitro groups is 1. The lowest BCUT2D eigenvalue weighted by Gasteiger charge is -2.12. The molecule has 2 aromatic carbocycles. The van der Waals surface area contributed by atoms with Gasteiger partial charge in [0.15, 0.2) is 5.82 Å². The summed E-state index contributed by atoms with van der Waals surface area (Å²) in [6.07, 6.45) is 0. The molecular weight excluding hydrogens is 408 g/mol. The van der Waals surface area contributed by atoms with Gasteiger partial charge in [0.05, 0.1) is 25.4 Å². The number of anilines is 2. The predicted octanol–water partition coefficient (Wildman–Crippen LogP) is 3.20.